The lowest BCUT2D eigenvalue weighted by atomic mass is 9.97. The van der Waals surface area contributed by atoms with E-state index in [9.17, 15) is 9.59 Å². The van der Waals surface area contributed by atoms with Crippen LogP contribution in [0.15, 0.2) is 24.3 Å². The van der Waals surface area contributed by atoms with Gasteiger partial charge in [0.1, 0.15) is 6.04 Å². The Kier molecular flexibility index (Phi) is 9.40. The summed E-state index contributed by atoms with van der Waals surface area (Å²) in [6.45, 7) is 11.5. The zero-order chi connectivity index (χ0) is 21.4. The van der Waals surface area contributed by atoms with Gasteiger partial charge in [0.05, 0.1) is 12.2 Å². The molecule has 29 heavy (non-hydrogen) atoms. The summed E-state index contributed by atoms with van der Waals surface area (Å²) < 4.78 is 5.75. The van der Waals surface area contributed by atoms with Crippen molar-refractivity contribution in [2.24, 2.45) is 5.92 Å². The van der Waals surface area contributed by atoms with Gasteiger partial charge in [-0.2, -0.15) is 0 Å². The maximum atomic E-state index is 12.7. The van der Waals surface area contributed by atoms with Gasteiger partial charge in [-0.05, 0) is 50.5 Å². The van der Waals surface area contributed by atoms with Crippen molar-refractivity contribution >= 4 is 23.4 Å². The fourth-order valence-corrected chi connectivity index (χ4v) is 3.74. The number of carbonyl (C=O) groups excluding carboxylic acids is 2. The highest BCUT2D eigenvalue weighted by molar-refractivity contribution is 6.30. The highest BCUT2D eigenvalue weighted by atomic mass is 35.5. The lowest BCUT2D eigenvalue weighted by molar-refractivity contribution is -0.124. The molecule has 0 aromatic heterocycles. The van der Waals surface area contributed by atoms with E-state index in [4.69, 9.17) is 16.3 Å². The molecule has 7 heteroatoms. The molecule has 1 saturated heterocycles. The van der Waals surface area contributed by atoms with Gasteiger partial charge in [0.15, 0.2) is 0 Å². The standard InChI is InChI=1S/C22H34ClN3O3/c1-5-15(2)20(25-21(27)18-7-9-19(23)10-8-18)22(28)24-11-6-12-26-13-16(3)29-17(4)14-26/h7-10,15-17,20H,5-6,11-14H2,1-4H3,(H,24,28)(H,25,27). The van der Waals surface area contributed by atoms with Crippen molar-refractivity contribution in [2.45, 2.75) is 58.8 Å². The average Bonchev–Trinajstić information content (AvgIpc) is 2.68. The van der Waals surface area contributed by atoms with Crippen LogP contribution in [0.25, 0.3) is 0 Å². The minimum Gasteiger partial charge on any atom is -0.373 e. The fourth-order valence-electron chi connectivity index (χ4n) is 3.62. The van der Waals surface area contributed by atoms with Gasteiger partial charge in [-0.1, -0.05) is 31.9 Å². The largest absolute Gasteiger partial charge is 0.373 e. The molecule has 2 amide bonds. The number of ether oxygens (including phenoxy) is 1. The Bertz CT molecular complexity index is 658. The number of nitrogens with zero attached hydrogens (tertiary/aromatic N) is 1. The average molecular weight is 424 g/mol. The molecule has 4 unspecified atom stereocenters. The number of nitrogens with one attached hydrogen (secondary N) is 2. The molecule has 0 bridgehead atoms. The Morgan fingerprint density at radius 1 is 1.21 bits per heavy atom. The molecule has 6 nitrogen and oxygen atoms in total. The molecule has 0 spiro atoms. The smallest absolute Gasteiger partial charge is 0.251 e. The second-order valence-corrected chi connectivity index (χ2v) is 8.44. The zero-order valence-corrected chi connectivity index (χ0v) is 18.7. The van der Waals surface area contributed by atoms with Gasteiger partial charge in [-0.15, -0.1) is 0 Å². The summed E-state index contributed by atoms with van der Waals surface area (Å²) in [6.07, 6.45) is 2.14. The van der Waals surface area contributed by atoms with Crippen molar-refractivity contribution in [3.05, 3.63) is 34.9 Å². The summed E-state index contributed by atoms with van der Waals surface area (Å²) in [5, 5.41) is 6.45. The summed E-state index contributed by atoms with van der Waals surface area (Å²) >= 11 is 5.88. The van der Waals surface area contributed by atoms with Crippen LogP contribution in [0.3, 0.4) is 0 Å². The van der Waals surface area contributed by atoms with Crippen LogP contribution < -0.4 is 10.6 Å². The van der Waals surface area contributed by atoms with E-state index in [0.29, 0.717) is 17.1 Å². The van der Waals surface area contributed by atoms with Crippen LogP contribution in [-0.4, -0.2) is 61.1 Å². The molecule has 1 aromatic rings. The first-order valence-corrected chi connectivity index (χ1v) is 10.9. The Hall–Kier alpha value is -1.63. The van der Waals surface area contributed by atoms with Crippen LogP contribution >= 0.6 is 11.6 Å². The van der Waals surface area contributed by atoms with Gasteiger partial charge >= 0.3 is 0 Å². The number of hydrogen-bond donors (Lipinski definition) is 2. The van der Waals surface area contributed by atoms with Crippen molar-refractivity contribution in [1.29, 1.82) is 0 Å². The van der Waals surface area contributed by atoms with Crippen LogP contribution in [0.2, 0.25) is 5.02 Å². The fraction of sp³-hybridized carbons (Fsp3) is 0.636. The molecule has 2 rings (SSSR count). The maximum Gasteiger partial charge on any atom is 0.251 e. The van der Waals surface area contributed by atoms with Crippen molar-refractivity contribution in [3.8, 4) is 0 Å². The zero-order valence-electron chi connectivity index (χ0n) is 17.9. The molecular formula is C22H34ClN3O3. The van der Waals surface area contributed by atoms with E-state index in [1.54, 1.807) is 24.3 Å². The summed E-state index contributed by atoms with van der Waals surface area (Å²) in [4.78, 5) is 27.7. The van der Waals surface area contributed by atoms with Crippen molar-refractivity contribution in [3.63, 3.8) is 0 Å². The maximum absolute atomic E-state index is 12.7. The first kappa shape index (κ1) is 23.6. The normalized spacial score (nSPS) is 22.0. The van der Waals surface area contributed by atoms with E-state index in [1.807, 2.05) is 13.8 Å². The minimum atomic E-state index is -0.563. The summed E-state index contributed by atoms with van der Waals surface area (Å²) in [5.74, 6) is -0.365. The molecule has 1 aliphatic heterocycles. The second kappa shape index (κ2) is 11.5. The summed E-state index contributed by atoms with van der Waals surface area (Å²) in [6, 6.07) is 6.09. The SMILES string of the molecule is CCC(C)C(NC(=O)c1ccc(Cl)cc1)C(=O)NCCCN1CC(C)OC(C)C1. The van der Waals surface area contributed by atoms with E-state index in [0.717, 1.165) is 32.5 Å². The summed E-state index contributed by atoms with van der Waals surface area (Å²) in [7, 11) is 0. The molecule has 0 aliphatic carbocycles. The van der Waals surface area contributed by atoms with E-state index in [1.165, 1.54) is 0 Å². The molecule has 1 heterocycles. The second-order valence-electron chi connectivity index (χ2n) is 8.01. The van der Waals surface area contributed by atoms with Crippen LogP contribution in [0, 0.1) is 5.92 Å². The first-order chi connectivity index (χ1) is 13.8. The Morgan fingerprint density at radius 3 is 2.41 bits per heavy atom. The van der Waals surface area contributed by atoms with Crippen LogP contribution in [-0.2, 0) is 9.53 Å². The van der Waals surface area contributed by atoms with Crippen LogP contribution in [0.4, 0.5) is 0 Å². The van der Waals surface area contributed by atoms with Crippen molar-refractivity contribution in [1.82, 2.24) is 15.5 Å². The van der Waals surface area contributed by atoms with Crippen molar-refractivity contribution in [2.75, 3.05) is 26.2 Å². The van der Waals surface area contributed by atoms with Gasteiger partial charge in [-0.25, -0.2) is 0 Å². The predicted molar refractivity (Wildman–Crippen MR) is 116 cm³/mol. The Labute approximate surface area is 179 Å². The topological polar surface area (TPSA) is 70.7 Å². The van der Waals surface area contributed by atoms with Gasteiger partial charge in [0.2, 0.25) is 5.91 Å². The molecule has 1 aliphatic rings. The predicted octanol–water partition coefficient (Wildman–Crippen LogP) is 3.10. The van der Waals surface area contributed by atoms with Crippen LogP contribution in [0.1, 0.15) is 50.9 Å². The van der Waals surface area contributed by atoms with Gasteiger partial charge in [0, 0.05) is 36.8 Å². The number of amides is 2. The number of halogens is 1. The minimum absolute atomic E-state index is 0.0344. The van der Waals surface area contributed by atoms with E-state index in [-0.39, 0.29) is 29.9 Å². The highest BCUT2D eigenvalue weighted by Gasteiger charge is 2.26. The lowest BCUT2D eigenvalue weighted by Crippen LogP contribution is -2.51. The van der Waals surface area contributed by atoms with E-state index >= 15 is 0 Å². The Balaban J connectivity index is 1.83. The molecule has 162 valence electrons. The third kappa shape index (κ3) is 7.61. The highest BCUT2D eigenvalue weighted by Crippen LogP contribution is 2.13. The first-order valence-electron chi connectivity index (χ1n) is 10.5. The van der Waals surface area contributed by atoms with E-state index < -0.39 is 6.04 Å². The monoisotopic (exact) mass is 423 g/mol. The molecule has 1 aromatic carbocycles. The molecule has 2 N–H and O–H groups in total. The molecular weight excluding hydrogens is 390 g/mol. The lowest BCUT2D eigenvalue weighted by Gasteiger charge is -2.35. The van der Waals surface area contributed by atoms with Gasteiger partial charge in [0.25, 0.3) is 5.91 Å². The van der Waals surface area contributed by atoms with Crippen molar-refractivity contribution < 1.29 is 14.3 Å². The third-order valence-corrected chi connectivity index (χ3v) is 5.59. The number of rotatable bonds is 9. The quantitative estimate of drug-likeness (QED) is 0.599. The van der Waals surface area contributed by atoms with E-state index in [2.05, 4.69) is 29.4 Å². The van der Waals surface area contributed by atoms with Gasteiger partial charge < -0.3 is 15.4 Å². The molecule has 1 fully saturated rings. The number of benzene rings is 1. The van der Waals surface area contributed by atoms with Gasteiger partial charge in [-0.3, -0.25) is 14.5 Å². The summed E-state index contributed by atoms with van der Waals surface area (Å²) in [5.41, 5.74) is 0.492. The molecule has 4 atom stereocenters. The number of morpholine rings is 1. The molecule has 0 radical (unpaired) electrons. The number of hydrogen-bond acceptors (Lipinski definition) is 4. The third-order valence-electron chi connectivity index (χ3n) is 5.33. The molecule has 0 saturated carbocycles. The number of carbonyl (C=O) groups is 2. The Morgan fingerprint density at radius 2 is 1.83 bits per heavy atom. The van der Waals surface area contributed by atoms with Crippen LogP contribution in [0.5, 0.6) is 0 Å².